The van der Waals surface area contributed by atoms with E-state index in [1.165, 1.54) is 11.1 Å². The van der Waals surface area contributed by atoms with Gasteiger partial charge >= 0.3 is 0 Å². The molecule has 1 heterocycles. The third kappa shape index (κ3) is 4.94. The quantitative estimate of drug-likeness (QED) is 0.823. The number of nitrogens with one attached hydrogen (secondary N) is 2. The molecule has 0 saturated carbocycles. The SMILES string of the molecule is CCc1ccc(CCNC(=O)CC2CNCCO2)cc1. The highest BCUT2D eigenvalue weighted by Gasteiger charge is 2.16. The Hall–Kier alpha value is -1.39. The van der Waals surface area contributed by atoms with Crippen LogP contribution in [-0.2, 0) is 22.4 Å². The molecule has 0 radical (unpaired) electrons. The normalized spacial score (nSPS) is 18.8. The smallest absolute Gasteiger partial charge is 0.222 e. The summed E-state index contributed by atoms with van der Waals surface area (Å²) in [4.78, 5) is 11.8. The third-order valence-corrected chi connectivity index (χ3v) is 3.58. The van der Waals surface area contributed by atoms with E-state index in [1.54, 1.807) is 0 Å². The molecule has 1 fully saturated rings. The van der Waals surface area contributed by atoms with E-state index < -0.39 is 0 Å². The van der Waals surface area contributed by atoms with Gasteiger partial charge < -0.3 is 15.4 Å². The van der Waals surface area contributed by atoms with E-state index in [1.807, 2.05) is 0 Å². The van der Waals surface area contributed by atoms with Gasteiger partial charge in [0.25, 0.3) is 0 Å². The first-order valence-corrected chi connectivity index (χ1v) is 7.44. The number of amides is 1. The standard InChI is InChI=1S/C16H24N2O2/c1-2-13-3-5-14(6-4-13)7-8-18-16(19)11-15-12-17-9-10-20-15/h3-6,15,17H,2,7-12H2,1H3,(H,18,19). The van der Waals surface area contributed by atoms with E-state index in [4.69, 9.17) is 4.74 Å². The molecule has 1 aliphatic rings. The molecule has 0 aliphatic carbocycles. The van der Waals surface area contributed by atoms with Crippen molar-refractivity contribution in [3.8, 4) is 0 Å². The number of hydrogen-bond donors (Lipinski definition) is 2. The van der Waals surface area contributed by atoms with Crippen LogP contribution in [0.2, 0.25) is 0 Å². The molecule has 1 atom stereocenters. The van der Waals surface area contributed by atoms with Gasteiger partial charge in [-0.2, -0.15) is 0 Å². The Morgan fingerprint density at radius 3 is 2.75 bits per heavy atom. The van der Waals surface area contributed by atoms with Crippen LogP contribution in [0.4, 0.5) is 0 Å². The van der Waals surface area contributed by atoms with Crippen molar-refractivity contribution in [3.05, 3.63) is 35.4 Å². The van der Waals surface area contributed by atoms with Crippen LogP contribution in [0, 0.1) is 0 Å². The van der Waals surface area contributed by atoms with E-state index >= 15 is 0 Å². The van der Waals surface area contributed by atoms with Crippen molar-refractivity contribution in [1.29, 1.82) is 0 Å². The molecule has 2 rings (SSSR count). The van der Waals surface area contributed by atoms with E-state index in [2.05, 4.69) is 41.8 Å². The lowest BCUT2D eigenvalue weighted by atomic mass is 10.1. The van der Waals surface area contributed by atoms with Crippen molar-refractivity contribution in [2.24, 2.45) is 0 Å². The molecule has 2 N–H and O–H groups in total. The molecule has 0 aromatic heterocycles. The summed E-state index contributed by atoms with van der Waals surface area (Å²) in [6.07, 6.45) is 2.40. The lowest BCUT2D eigenvalue weighted by Gasteiger charge is -2.23. The molecule has 4 heteroatoms. The van der Waals surface area contributed by atoms with Crippen molar-refractivity contribution in [2.75, 3.05) is 26.2 Å². The summed E-state index contributed by atoms with van der Waals surface area (Å²) < 4.78 is 5.52. The second kappa shape index (κ2) is 8.02. The summed E-state index contributed by atoms with van der Waals surface area (Å²) in [5.41, 5.74) is 2.61. The molecule has 1 saturated heterocycles. The maximum atomic E-state index is 11.8. The average Bonchev–Trinajstić information content (AvgIpc) is 2.49. The van der Waals surface area contributed by atoms with Gasteiger partial charge in [-0.25, -0.2) is 0 Å². The van der Waals surface area contributed by atoms with Crippen LogP contribution in [0.25, 0.3) is 0 Å². The molecule has 20 heavy (non-hydrogen) atoms. The van der Waals surface area contributed by atoms with Crippen LogP contribution >= 0.6 is 0 Å². The Morgan fingerprint density at radius 2 is 2.10 bits per heavy atom. The number of ether oxygens (including phenoxy) is 1. The Kier molecular flexibility index (Phi) is 6.02. The number of rotatable bonds is 6. The number of morpholine rings is 1. The summed E-state index contributed by atoms with van der Waals surface area (Å²) in [6, 6.07) is 8.58. The van der Waals surface area contributed by atoms with Gasteiger partial charge in [0.1, 0.15) is 0 Å². The Labute approximate surface area is 120 Å². The summed E-state index contributed by atoms with van der Waals surface area (Å²) in [5.74, 6) is 0.0730. The van der Waals surface area contributed by atoms with Gasteiger partial charge in [-0.15, -0.1) is 0 Å². The minimum atomic E-state index is 0.0209. The number of aryl methyl sites for hydroxylation is 1. The second-order valence-corrected chi connectivity index (χ2v) is 5.17. The minimum absolute atomic E-state index is 0.0209. The molecule has 0 bridgehead atoms. The molecule has 1 unspecified atom stereocenters. The first-order valence-electron chi connectivity index (χ1n) is 7.44. The van der Waals surface area contributed by atoms with Gasteiger partial charge in [-0.1, -0.05) is 31.2 Å². The highest BCUT2D eigenvalue weighted by Crippen LogP contribution is 2.05. The molecule has 1 aromatic carbocycles. The maximum Gasteiger partial charge on any atom is 0.222 e. The van der Waals surface area contributed by atoms with Crippen LogP contribution in [0.3, 0.4) is 0 Å². The van der Waals surface area contributed by atoms with Crippen molar-refractivity contribution in [1.82, 2.24) is 10.6 Å². The predicted octanol–water partition coefficient (Wildman–Crippen LogP) is 1.29. The van der Waals surface area contributed by atoms with E-state index in [0.717, 1.165) is 25.9 Å². The highest BCUT2D eigenvalue weighted by molar-refractivity contribution is 5.76. The number of benzene rings is 1. The van der Waals surface area contributed by atoms with E-state index in [0.29, 0.717) is 19.6 Å². The summed E-state index contributed by atoms with van der Waals surface area (Å²) in [6.45, 7) is 5.18. The summed E-state index contributed by atoms with van der Waals surface area (Å²) >= 11 is 0. The van der Waals surface area contributed by atoms with Crippen LogP contribution in [-0.4, -0.2) is 38.3 Å². The fraction of sp³-hybridized carbons (Fsp3) is 0.562. The average molecular weight is 276 g/mol. The van der Waals surface area contributed by atoms with E-state index in [9.17, 15) is 4.79 Å². The second-order valence-electron chi connectivity index (χ2n) is 5.17. The van der Waals surface area contributed by atoms with Gasteiger partial charge in [0.05, 0.1) is 19.1 Å². The van der Waals surface area contributed by atoms with Gasteiger partial charge in [0.15, 0.2) is 0 Å². The fourth-order valence-electron chi connectivity index (χ4n) is 2.32. The van der Waals surface area contributed by atoms with Crippen molar-refractivity contribution < 1.29 is 9.53 Å². The predicted molar refractivity (Wildman–Crippen MR) is 79.8 cm³/mol. The van der Waals surface area contributed by atoms with Crippen LogP contribution < -0.4 is 10.6 Å². The highest BCUT2D eigenvalue weighted by atomic mass is 16.5. The van der Waals surface area contributed by atoms with Crippen molar-refractivity contribution in [3.63, 3.8) is 0 Å². The van der Waals surface area contributed by atoms with Crippen LogP contribution in [0.5, 0.6) is 0 Å². The molecule has 110 valence electrons. The molecule has 4 nitrogen and oxygen atoms in total. The zero-order valence-electron chi connectivity index (χ0n) is 12.2. The summed E-state index contributed by atoms with van der Waals surface area (Å²) in [5, 5.41) is 6.19. The zero-order chi connectivity index (χ0) is 14.2. The largest absolute Gasteiger partial charge is 0.375 e. The number of hydrogen-bond acceptors (Lipinski definition) is 3. The molecule has 1 aliphatic heterocycles. The molecule has 0 spiro atoms. The third-order valence-electron chi connectivity index (χ3n) is 3.58. The summed E-state index contributed by atoms with van der Waals surface area (Å²) in [7, 11) is 0. The fourth-order valence-corrected chi connectivity index (χ4v) is 2.32. The van der Waals surface area contributed by atoms with Crippen molar-refractivity contribution >= 4 is 5.91 Å². The molecule has 1 amide bonds. The van der Waals surface area contributed by atoms with Gasteiger partial charge in [-0.3, -0.25) is 4.79 Å². The first-order chi connectivity index (χ1) is 9.78. The van der Waals surface area contributed by atoms with E-state index in [-0.39, 0.29) is 12.0 Å². The van der Waals surface area contributed by atoms with Crippen LogP contribution in [0.1, 0.15) is 24.5 Å². The van der Waals surface area contributed by atoms with Gasteiger partial charge in [0.2, 0.25) is 5.91 Å². The van der Waals surface area contributed by atoms with Gasteiger partial charge in [-0.05, 0) is 24.0 Å². The minimum Gasteiger partial charge on any atom is -0.375 e. The lowest BCUT2D eigenvalue weighted by Crippen LogP contribution is -2.41. The van der Waals surface area contributed by atoms with Gasteiger partial charge in [0, 0.05) is 19.6 Å². The first kappa shape index (κ1) is 15.0. The molecular weight excluding hydrogens is 252 g/mol. The number of carbonyl (C=O) groups is 1. The Bertz CT molecular complexity index is 411. The molecule has 1 aromatic rings. The van der Waals surface area contributed by atoms with Crippen LogP contribution in [0.15, 0.2) is 24.3 Å². The Balaban J connectivity index is 1.65. The molecular formula is C16H24N2O2. The zero-order valence-corrected chi connectivity index (χ0v) is 12.2. The topological polar surface area (TPSA) is 50.4 Å². The Morgan fingerprint density at radius 1 is 1.35 bits per heavy atom. The maximum absolute atomic E-state index is 11.8. The number of carbonyl (C=O) groups excluding carboxylic acids is 1. The lowest BCUT2D eigenvalue weighted by molar-refractivity contribution is -0.124. The van der Waals surface area contributed by atoms with Crippen molar-refractivity contribution in [2.45, 2.75) is 32.3 Å². The monoisotopic (exact) mass is 276 g/mol.